The van der Waals surface area contributed by atoms with Crippen molar-refractivity contribution in [1.82, 2.24) is 4.90 Å². The van der Waals surface area contributed by atoms with Crippen molar-refractivity contribution in [2.45, 2.75) is 17.9 Å². The van der Waals surface area contributed by atoms with E-state index in [1.807, 2.05) is 37.4 Å². The van der Waals surface area contributed by atoms with E-state index in [4.69, 9.17) is 5.73 Å². The topological polar surface area (TPSA) is 46.3 Å². The molecule has 0 radical (unpaired) electrons. The number of rotatable bonds is 4. The molecular formula is C12H19ClN2OS. The van der Waals surface area contributed by atoms with Gasteiger partial charge in [0.2, 0.25) is 0 Å². The van der Waals surface area contributed by atoms with Crippen molar-refractivity contribution >= 4 is 30.1 Å². The van der Waals surface area contributed by atoms with Gasteiger partial charge in [0.25, 0.3) is 5.91 Å². The van der Waals surface area contributed by atoms with Crippen molar-refractivity contribution in [2.24, 2.45) is 5.73 Å². The number of likely N-dealkylation sites (N-methyl/N-ethyl adjacent to an activating group) is 1. The summed E-state index contributed by atoms with van der Waals surface area (Å²) in [5.41, 5.74) is 6.31. The van der Waals surface area contributed by atoms with Gasteiger partial charge in [-0.1, -0.05) is 12.1 Å². The summed E-state index contributed by atoms with van der Waals surface area (Å²) in [6.07, 6.45) is 1.97. The van der Waals surface area contributed by atoms with E-state index in [0.29, 0.717) is 6.54 Å². The number of carbonyl (C=O) groups excluding carboxylic acids is 1. The Morgan fingerprint density at radius 1 is 1.47 bits per heavy atom. The summed E-state index contributed by atoms with van der Waals surface area (Å²) in [7, 11) is 1.79. The van der Waals surface area contributed by atoms with Gasteiger partial charge in [-0.25, -0.2) is 0 Å². The average Bonchev–Trinajstić information content (AvgIpc) is 2.35. The van der Waals surface area contributed by atoms with Crippen LogP contribution in [-0.4, -0.2) is 36.7 Å². The van der Waals surface area contributed by atoms with Gasteiger partial charge in [-0.2, -0.15) is 0 Å². The molecule has 1 aromatic carbocycles. The molecule has 0 fully saturated rings. The van der Waals surface area contributed by atoms with Crippen LogP contribution in [0.3, 0.4) is 0 Å². The number of halogens is 1. The standard InChI is InChI=1S/C12H18N2OS.ClH/c1-9(8-13)14(2)12(15)10-6-4-5-7-11(10)16-3;/h4-7,9H,8,13H2,1-3H3;1H. The lowest BCUT2D eigenvalue weighted by Gasteiger charge is -2.24. The summed E-state index contributed by atoms with van der Waals surface area (Å²) in [6.45, 7) is 2.42. The van der Waals surface area contributed by atoms with Crippen LogP contribution in [-0.2, 0) is 0 Å². The third kappa shape index (κ3) is 3.91. The average molecular weight is 275 g/mol. The summed E-state index contributed by atoms with van der Waals surface area (Å²) in [5.74, 6) is 0.0305. The molecule has 1 rings (SSSR count). The van der Waals surface area contributed by atoms with Gasteiger partial charge >= 0.3 is 0 Å². The fourth-order valence-electron chi connectivity index (χ4n) is 1.37. The highest BCUT2D eigenvalue weighted by molar-refractivity contribution is 7.98. The number of nitrogens with two attached hydrogens (primary N) is 1. The largest absolute Gasteiger partial charge is 0.338 e. The second-order valence-corrected chi connectivity index (χ2v) is 4.55. The fourth-order valence-corrected chi connectivity index (χ4v) is 1.96. The fraction of sp³-hybridized carbons (Fsp3) is 0.417. The predicted molar refractivity (Wildman–Crippen MR) is 76.1 cm³/mol. The van der Waals surface area contributed by atoms with E-state index in [-0.39, 0.29) is 24.4 Å². The molecule has 96 valence electrons. The van der Waals surface area contributed by atoms with Crippen molar-refractivity contribution in [2.75, 3.05) is 19.8 Å². The zero-order valence-corrected chi connectivity index (χ0v) is 12.0. The maximum atomic E-state index is 12.2. The van der Waals surface area contributed by atoms with Gasteiger partial charge in [0.15, 0.2) is 0 Å². The van der Waals surface area contributed by atoms with E-state index in [9.17, 15) is 4.79 Å². The summed E-state index contributed by atoms with van der Waals surface area (Å²) in [5, 5.41) is 0. The molecule has 0 aliphatic heterocycles. The van der Waals surface area contributed by atoms with Gasteiger partial charge in [0.05, 0.1) is 5.56 Å². The van der Waals surface area contributed by atoms with Crippen molar-refractivity contribution in [3.63, 3.8) is 0 Å². The minimum Gasteiger partial charge on any atom is -0.338 e. The van der Waals surface area contributed by atoms with Crippen LogP contribution in [0, 0.1) is 0 Å². The molecule has 1 amide bonds. The molecule has 1 aromatic rings. The van der Waals surface area contributed by atoms with Crippen LogP contribution >= 0.6 is 24.2 Å². The van der Waals surface area contributed by atoms with E-state index in [1.54, 1.807) is 23.7 Å². The Morgan fingerprint density at radius 3 is 2.59 bits per heavy atom. The number of carbonyl (C=O) groups is 1. The first-order valence-corrected chi connectivity index (χ1v) is 6.44. The highest BCUT2D eigenvalue weighted by Crippen LogP contribution is 2.21. The van der Waals surface area contributed by atoms with Gasteiger partial charge in [-0.15, -0.1) is 24.2 Å². The van der Waals surface area contributed by atoms with E-state index >= 15 is 0 Å². The number of amides is 1. The van der Waals surface area contributed by atoms with Crippen LogP contribution in [0.1, 0.15) is 17.3 Å². The van der Waals surface area contributed by atoms with Crippen LogP contribution in [0.4, 0.5) is 0 Å². The first kappa shape index (κ1) is 16.3. The Bertz CT molecular complexity index is 373. The van der Waals surface area contributed by atoms with Gasteiger partial charge in [-0.05, 0) is 25.3 Å². The number of hydrogen-bond acceptors (Lipinski definition) is 3. The molecule has 1 unspecified atom stereocenters. The molecule has 1 atom stereocenters. The Balaban J connectivity index is 0.00000256. The van der Waals surface area contributed by atoms with Gasteiger partial charge < -0.3 is 10.6 Å². The third-order valence-electron chi connectivity index (χ3n) is 2.66. The van der Waals surface area contributed by atoms with E-state index in [0.717, 1.165) is 10.5 Å². The minimum atomic E-state index is 0. The lowest BCUT2D eigenvalue weighted by atomic mass is 10.2. The minimum absolute atomic E-state index is 0. The number of benzene rings is 1. The molecule has 0 spiro atoms. The van der Waals surface area contributed by atoms with Crippen LogP contribution in [0.2, 0.25) is 0 Å². The number of thioether (sulfide) groups is 1. The molecule has 0 aromatic heterocycles. The van der Waals surface area contributed by atoms with Gasteiger partial charge in [0.1, 0.15) is 0 Å². The molecule has 2 N–H and O–H groups in total. The maximum absolute atomic E-state index is 12.2. The SMILES string of the molecule is CSc1ccccc1C(=O)N(C)C(C)CN.Cl. The predicted octanol–water partition coefficient (Wildman–Crippen LogP) is 2.25. The van der Waals surface area contributed by atoms with Crippen molar-refractivity contribution in [3.05, 3.63) is 29.8 Å². The monoisotopic (exact) mass is 274 g/mol. The van der Waals surface area contributed by atoms with Gasteiger partial charge in [-0.3, -0.25) is 4.79 Å². The molecule has 5 heteroatoms. The second-order valence-electron chi connectivity index (χ2n) is 3.70. The quantitative estimate of drug-likeness (QED) is 0.857. The van der Waals surface area contributed by atoms with Crippen molar-refractivity contribution in [1.29, 1.82) is 0 Å². The zero-order chi connectivity index (χ0) is 12.1. The molecule has 0 aliphatic carbocycles. The van der Waals surface area contributed by atoms with Gasteiger partial charge in [0, 0.05) is 24.5 Å². The summed E-state index contributed by atoms with van der Waals surface area (Å²) in [4.78, 5) is 14.9. The molecule has 0 aliphatic rings. The Kier molecular flexibility index (Phi) is 7.27. The number of hydrogen-bond donors (Lipinski definition) is 1. The Labute approximate surface area is 113 Å². The molecule has 0 saturated heterocycles. The molecule has 17 heavy (non-hydrogen) atoms. The summed E-state index contributed by atoms with van der Waals surface area (Å²) < 4.78 is 0. The summed E-state index contributed by atoms with van der Waals surface area (Å²) >= 11 is 1.58. The van der Waals surface area contributed by atoms with Crippen LogP contribution in [0.15, 0.2) is 29.2 Å². The molecule has 0 saturated carbocycles. The Morgan fingerprint density at radius 2 is 2.06 bits per heavy atom. The highest BCUT2D eigenvalue weighted by atomic mass is 35.5. The molecule has 0 bridgehead atoms. The lowest BCUT2D eigenvalue weighted by Crippen LogP contribution is -2.39. The van der Waals surface area contributed by atoms with Crippen molar-refractivity contribution < 1.29 is 4.79 Å². The van der Waals surface area contributed by atoms with Crippen LogP contribution in [0.5, 0.6) is 0 Å². The lowest BCUT2D eigenvalue weighted by molar-refractivity contribution is 0.0745. The Hall–Kier alpha value is -0.710. The first-order chi connectivity index (χ1) is 7.61. The van der Waals surface area contributed by atoms with E-state index < -0.39 is 0 Å². The van der Waals surface area contributed by atoms with Crippen molar-refractivity contribution in [3.8, 4) is 0 Å². The molecule has 0 heterocycles. The zero-order valence-electron chi connectivity index (χ0n) is 10.3. The highest BCUT2D eigenvalue weighted by Gasteiger charge is 2.18. The summed E-state index contributed by atoms with van der Waals surface area (Å²) in [6, 6.07) is 7.69. The smallest absolute Gasteiger partial charge is 0.255 e. The molecule has 3 nitrogen and oxygen atoms in total. The van der Waals surface area contributed by atoms with E-state index in [2.05, 4.69) is 0 Å². The second kappa shape index (κ2) is 7.58. The first-order valence-electron chi connectivity index (χ1n) is 5.22. The van der Waals surface area contributed by atoms with E-state index in [1.165, 1.54) is 0 Å². The number of nitrogens with zero attached hydrogens (tertiary/aromatic N) is 1. The molecular weight excluding hydrogens is 256 g/mol. The maximum Gasteiger partial charge on any atom is 0.255 e. The van der Waals surface area contributed by atoms with Crippen LogP contribution in [0.25, 0.3) is 0 Å². The third-order valence-corrected chi connectivity index (χ3v) is 3.46. The normalized spacial score (nSPS) is 11.5. The van der Waals surface area contributed by atoms with Crippen LogP contribution < -0.4 is 5.73 Å².